The summed E-state index contributed by atoms with van der Waals surface area (Å²) in [6, 6.07) is 17.5. The molecule has 2 bridgehead atoms. The standard InChI is InChI=1S/C20H20N2O/c1-12(21-22-13(2)23)18-11-19-14-7-3-5-9-16(14)20(18)17-10-6-4-8-15(17)19/h3-10,18-20H,11H2,1-2H3,(H,22,23)/t18-,19?,20?/m0/s1. The maximum Gasteiger partial charge on any atom is 0.236 e. The molecule has 0 aliphatic heterocycles. The zero-order valence-corrected chi connectivity index (χ0v) is 13.4. The van der Waals surface area contributed by atoms with Crippen LogP contribution in [0.25, 0.3) is 0 Å². The Morgan fingerprint density at radius 3 is 2.00 bits per heavy atom. The second-order valence-electron chi connectivity index (χ2n) is 6.55. The lowest BCUT2D eigenvalue weighted by Gasteiger charge is -2.45. The van der Waals surface area contributed by atoms with Crippen LogP contribution >= 0.6 is 0 Å². The molecule has 0 spiro atoms. The van der Waals surface area contributed by atoms with E-state index in [0.29, 0.717) is 17.8 Å². The quantitative estimate of drug-likeness (QED) is 0.665. The van der Waals surface area contributed by atoms with E-state index in [2.05, 4.69) is 59.1 Å². The Hall–Kier alpha value is -2.42. The van der Waals surface area contributed by atoms with Gasteiger partial charge in [-0.3, -0.25) is 4.79 Å². The monoisotopic (exact) mass is 304 g/mol. The summed E-state index contributed by atoms with van der Waals surface area (Å²) in [5.41, 5.74) is 9.37. The molecule has 1 N–H and O–H groups in total. The lowest BCUT2D eigenvalue weighted by molar-refractivity contribution is -0.118. The van der Waals surface area contributed by atoms with Gasteiger partial charge in [-0.05, 0) is 35.6 Å². The average molecular weight is 304 g/mol. The van der Waals surface area contributed by atoms with Crippen LogP contribution in [-0.4, -0.2) is 11.6 Å². The molecule has 5 rings (SSSR count). The van der Waals surface area contributed by atoms with Crippen molar-refractivity contribution in [2.75, 3.05) is 0 Å². The van der Waals surface area contributed by atoms with Crippen molar-refractivity contribution in [2.24, 2.45) is 11.0 Å². The van der Waals surface area contributed by atoms with E-state index in [1.54, 1.807) is 0 Å². The van der Waals surface area contributed by atoms with Gasteiger partial charge in [0, 0.05) is 30.4 Å². The summed E-state index contributed by atoms with van der Waals surface area (Å²) in [5.74, 6) is 0.993. The zero-order chi connectivity index (χ0) is 16.0. The molecule has 0 fully saturated rings. The number of hydrazone groups is 1. The Labute approximate surface area is 136 Å². The summed E-state index contributed by atoms with van der Waals surface area (Å²) in [7, 11) is 0. The Morgan fingerprint density at radius 2 is 1.48 bits per heavy atom. The Bertz CT molecular complexity index is 761. The van der Waals surface area contributed by atoms with Crippen molar-refractivity contribution in [2.45, 2.75) is 32.1 Å². The molecule has 3 heteroatoms. The minimum absolute atomic E-state index is 0.119. The van der Waals surface area contributed by atoms with Gasteiger partial charge in [-0.15, -0.1) is 0 Å². The van der Waals surface area contributed by atoms with Crippen LogP contribution in [-0.2, 0) is 4.79 Å². The molecule has 0 aromatic heterocycles. The van der Waals surface area contributed by atoms with Gasteiger partial charge in [0.15, 0.2) is 0 Å². The lowest BCUT2D eigenvalue weighted by atomic mass is 9.58. The number of hydrogen-bond acceptors (Lipinski definition) is 2. The normalized spacial score (nSPS) is 24.8. The molecule has 0 saturated carbocycles. The van der Waals surface area contributed by atoms with Crippen LogP contribution in [0.2, 0.25) is 0 Å². The molecule has 3 nitrogen and oxygen atoms in total. The van der Waals surface area contributed by atoms with E-state index < -0.39 is 0 Å². The first-order valence-corrected chi connectivity index (χ1v) is 8.15. The molecule has 1 amide bonds. The van der Waals surface area contributed by atoms with E-state index in [1.165, 1.54) is 29.2 Å². The molecule has 2 aromatic carbocycles. The molecule has 2 aromatic rings. The van der Waals surface area contributed by atoms with Gasteiger partial charge in [-0.2, -0.15) is 5.10 Å². The maximum absolute atomic E-state index is 11.2. The van der Waals surface area contributed by atoms with Crippen LogP contribution < -0.4 is 5.43 Å². The number of carbonyl (C=O) groups is 1. The van der Waals surface area contributed by atoms with Crippen LogP contribution in [0.4, 0.5) is 0 Å². The minimum atomic E-state index is -0.119. The Morgan fingerprint density at radius 1 is 0.957 bits per heavy atom. The molecule has 3 aliphatic carbocycles. The Balaban J connectivity index is 1.83. The van der Waals surface area contributed by atoms with Gasteiger partial charge in [-0.25, -0.2) is 5.43 Å². The predicted molar refractivity (Wildman–Crippen MR) is 91.6 cm³/mol. The van der Waals surface area contributed by atoms with Crippen molar-refractivity contribution in [1.82, 2.24) is 5.43 Å². The van der Waals surface area contributed by atoms with E-state index in [1.807, 2.05) is 6.92 Å². The second-order valence-corrected chi connectivity index (χ2v) is 6.55. The van der Waals surface area contributed by atoms with Crippen molar-refractivity contribution in [3.05, 3.63) is 70.8 Å². The summed E-state index contributed by atoms with van der Waals surface area (Å²) in [6.45, 7) is 3.53. The van der Waals surface area contributed by atoms with Gasteiger partial charge in [-0.1, -0.05) is 48.5 Å². The number of rotatable bonds is 2. The van der Waals surface area contributed by atoms with Gasteiger partial charge in [0.25, 0.3) is 0 Å². The molecule has 0 unspecified atom stereocenters. The highest BCUT2D eigenvalue weighted by Crippen LogP contribution is 2.55. The van der Waals surface area contributed by atoms with Gasteiger partial charge in [0.1, 0.15) is 0 Å². The number of hydrogen-bond donors (Lipinski definition) is 1. The largest absolute Gasteiger partial charge is 0.274 e. The van der Waals surface area contributed by atoms with E-state index in [-0.39, 0.29) is 5.91 Å². The summed E-state index contributed by atoms with van der Waals surface area (Å²) in [6.07, 6.45) is 1.06. The van der Waals surface area contributed by atoms with Crippen molar-refractivity contribution in [3.63, 3.8) is 0 Å². The lowest BCUT2D eigenvalue weighted by Crippen LogP contribution is -2.36. The Kier molecular flexibility index (Phi) is 3.29. The third-order valence-corrected chi connectivity index (χ3v) is 5.23. The fourth-order valence-electron chi connectivity index (χ4n) is 4.30. The van der Waals surface area contributed by atoms with Crippen LogP contribution in [0.15, 0.2) is 53.6 Å². The summed E-state index contributed by atoms with van der Waals surface area (Å²) in [4.78, 5) is 11.2. The van der Waals surface area contributed by atoms with Crippen LogP contribution in [0.3, 0.4) is 0 Å². The number of nitrogens with one attached hydrogen (secondary N) is 1. The molecule has 0 saturated heterocycles. The average Bonchev–Trinajstić information content (AvgIpc) is 2.59. The van der Waals surface area contributed by atoms with Gasteiger partial charge >= 0.3 is 0 Å². The number of benzene rings is 2. The number of amides is 1. The van der Waals surface area contributed by atoms with Gasteiger partial charge in [0.05, 0.1) is 0 Å². The first-order valence-electron chi connectivity index (χ1n) is 8.15. The summed E-state index contributed by atoms with van der Waals surface area (Å²) < 4.78 is 0. The molecule has 116 valence electrons. The van der Waals surface area contributed by atoms with Crippen LogP contribution in [0.5, 0.6) is 0 Å². The fraction of sp³-hybridized carbons (Fsp3) is 0.300. The third kappa shape index (κ3) is 2.19. The first kappa shape index (κ1) is 14.2. The smallest absolute Gasteiger partial charge is 0.236 e. The molecular formula is C20H20N2O. The van der Waals surface area contributed by atoms with Crippen molar-refractivity contribution >= 4 is 11.6 Å². The number of nitrogens with zero attached hydrogens (tertiary/aromatic N) is 1. The fourth-order valence-corrected chi connectivity index (χ4v) is 4.30. The topological polar surface area (TPSA) is 41.5 Å². The summed E-state index contributed by atoms with van der Waals surface area (Å²) >= 11 is 0. The van der Waals surface area contributed by atoms with Crippen molar-refractivity contribution in [1.29, 1.82) is 0 Å². The van der Waals surface area contributed by atoms with Gasteiger partial charge < -0.3 is 0 Å². The van der Waals surface area contributed by atoms with E-state index in [0.717, 1.165) is 12.1 Å². The third-order valence-electron chi connectivity index (χ3n) is 5.23. The zero-order valence-electron chi connectivity index (χ0n) is 13.4. The van der Waals surface area contributed by atoms with Crippen LogP contribution in [0.1, 0.15) is 54.4 Å². The van der Waals surface area contributed by atoms with E-state index in [4.69, 9.17) is 0 Å². The van der Waals surface area contributed by atoms with Crippen molar-refractivity contribution < 1.29 is 4.79 Å². The highest BCUT2D eigenvalue weighted by Gasteiger charge is 2.44. The maximum atomic E-state index is 11.2. The molecule has 0 radical (unpaired) electrons. The highest BCUT2D eigenvalue weighted by atomic mass is 16.2. The highest BCUT2D eigenvalue weighted by molar-refractivity contribution is 5.88. The van der Waals surface area contributed by atoms with E-state index in [9.17, 15) is 4.79 Å². The molecular weight excluding hydrogens is 284 g/mol. The van der Waals surface area contributed by atoms with Crippen LogP contribution in [0, 0.1) is 5.92 Å². The first-order chi connectivity index (χ1) is 11.2. The SMILES string of the molecule is CC(=O)NN=C(C)[C@@H]1CC2c3ccccc3C1c1ccccc12. The molecule has 0 heterocycles. The second kappa shape index (κ2) is 5.34. The van der Waals surface area contributed by atoms with Crippen molar-refractivity contribution in [3.8, 4) is 0 Å². The molecule has 3 aliphatic rings. The molecule has 1 atom stereocenters. The number of fused-ring (bicyclic) bond motifs is 1. The van der Waals surface area contributed by atoms with Gasteiger partial charge in [0.2, 0.25) is 5.91 Å². The number of carbonyl (C=O) groups excluding carboxylic acids is 1. The predicted octanol–water partition coefficient (Wildman–Crippen LogP) is 3.80. The molecule has 23 heavy (non-hydrogen) atoms. The van der Waals surface area contributed by atoms with E-state index >= 15 is 0 Å². The summed E-state index contributed by atoms with van der Waals surface area (Å²) in [5, 5.41) is 4.33. The minimum Gasteiger partial charge on any atom is -0.274 e.